The van der Waals surface area contributed by atoms with E-state index in [1.54, 1.807) is 18.2 Å². The zero-order chi connectivity index (χ0) is 18.5. The molecule has 0 saturated carbocycles. The molecule has 26 heavy (non-hydrogen) atoms. The van der Waals surface area contributed by atoms with Gasteiger partial charge in [0, 0.05) is 22.6 Å². The van der Waals surface area contributed by atoms with Crippen molar-refractivity contribution in [3.05, 3.63) is 52.3 Å². The lowest BCUT2D eigenvalue weighted by Crippen LogP contribution is -2.21. The third-order valence-corrected chi connectivity index (χ3v) is 4.01. The van der Waals surface area contributed by atoms with E-state index in [1.165, 1.54) is 12.1 Å². The van der Waals surface area contributed by atoms with Crippen LogP contribution in [-0.2, 0) is 9.53 Å². The monoisotopic (exact) mass is 423 g/mol. The van der Waals surface area contributed by atoms with Gasteiger partial charge in [-0.25, -0.2) is 9.18 Å². The van der Waals surface area contributed by atoms with Crippen LogP contribution in [0, 0.1) is 5.82 Å². The number of ether oxygens (including phenoxy) is 3. The van der Waals surface area contributed by atoms with Crippen LogP contribution in [0.25, 0.3) is 0 Å². The molecule has 0 aliphatic carbocycles. The highest BCUT2D eigenvalue weighted by atomic mass is 79.9. The number of rotatable bonds is 4. The van der Waals surface area contributed by atoms with Crippen LogP contribution in [0.15, 0.2) is 40.9 Å². The highest BCUT2D eigenvalue weighted by Gasteiger charge is 2.16. The molecule has 1 aliphatic rings. The van der Waals surface area contributed by atoms with Gasteiger partial charge in [-0.15, -0.1) is 0 Å². The van der Waals surface area contributed by atoms with Crippen molar-refractivity contribution < 1.29 is 28.2 Å². The van der Waals surface area contributed by atoms with E-state index in [2.05, 4.69) is 21.2 Å². The van der Waals surface area contributed by atoms with E-state index in [-0.39, 0.29) is 5.56 Å². The van der Waals surface area contributed by atoms with Gasteiger partial charge in [0.05, 0.1) is 18.8 Å². The average Bonchev–Trinajstić information content (AvgIpc) is 2.86. The second kappa shape index (κ2) is 8.18. The summed E-state index contributed by atoms with van der Waals surface area (Å²) in [6, 6.07) is 8.87. The lowest BCUT2D eigenvalue weighted by molar-refractivity contribution is -0.119. The van der Waals surface area contributed by atoms with E-state index in [1.807, 2.05) is 0 Å². The molecule has 1 amide bonds. The maximum Gasteiger partial charge on any atom is 0.341 e. The van der Waals surface area contributed by atoms with Gasteiger partial charge >= 0.3 is 5.97 Å². The number of nitrogens with one attached hydrogen (secondary N) is 1. The van der Waals surface area contributed by atoms with Crippen molar-refractivity contribution in [1.82, 2.24) is 0 Å². The number of carbonyl (C=O) groups excluding carboxylic acids is 2. The van der Waals surface area contributed by atoms with Gasteiger partial charge in [0.25, 0.3) is 5.91 Å². The molecule has 136 valence electrons. The molecule has 0 spiro atoms. The molecule has 2 aromatic carbocycles. The zero-order valence-electron chi connectivity index (χ0n) is 13.6. The Labute approximate surface area is 157 Å². The summed E-state index contributed by atoms with van der Waals surface area (Å²) in [5.41, 5.74) is 0.228. The Hall–Kier alpha value is -2.61. The fourth-order valence-corrected chi connectivity index (χ4v) is 2.66. The number of fused-ring (bicyclic) bond motifs is 1. The van der Waals surface area contributed by atoms with Crippen molar-refractivity contribution >= 4 is 33.5 Å². The molecule has 0 saturated heterocycles. The number of hydrogen-bond donors (Lipinski definition) is 1. The molecule has 1 heterocycles. The van der Waals surface area contributed by atoms with Crippen LogP contribution in [0.3, 0.4) is 0 Å². The standard InChI is InChI=1S/C18H15BrFNO5/c19-11-2-4-14(20)13(8-11)18(23)26-10-17(22)21-12-3-5-15-16(9-12)25-7-1-6-24-15/h2-5,8-9H,1,6-7,10H2,(H,21,22). The predicted molar refractivity (Wildman–Crippen MR) is 95.1 cm³/mol. The number of esters is 1. The highest BCUT2D eigenvalue weighted by molar-refractivity contribution is 9.10. The molecule has 0 atom stereocenters. The number of carbonyl (C=O) groups is 2. The van der Waals surface area contributed by atoms with Crippen molar-refractivity contribution in [2.24, 2.45) is 0 Å². The minimum absolute atomic E-state index is 0.247. The number of hydrogen-bond acceptors (Lipinski definition) is 5. The summed E-state index contributed by atoms with van der Waals surface area (Å²) in [5, 5.41) is 2.59. The first-order chi connectivity index (χ1) is 12.5. The van der Waals surface area contributed by atoms with E-state index in [9.17, 15) is 14.0 Å². The van der Waals surface area contributed by atoms with Gasteiger partial charge in [-0.1, -0.05) is 15.9 Å². The van der Waals surface area contributed by atoms with Crippen LogP contribution in [-0.4, -0.2) is 31.7 Å². The third kappa shape index (κ3) is 4.51. The van der Waals surface area contributed by atoms with Crippen molar-refractivity contribution in [2.45, 2.75) is 6.42 Å². The molecular weight excluding hydrogens is 409 g/mol. The summed E-state index contributed by atoms with van der Waals surface area (Å²) in [6.07, 6.45) is 0.776. The van der Waals surface area contributed by atoms with E-state index in [0.717, 1.165) is 12.5 Å². The number of anilines is 1. The highest BCUT2D eigenvalue weighted by Crippen LogP contribution is 2.32. The first-order valence-electron chi connectivity index (χ1n) is 7.84. The predicted octanol–water partition coefficient (Wildman–Crippen LogP) is 3.55. The average molecular weight is 424 g/mol. The van der Waals surface area contributed by atoms with Crippen LogP contribution < -0.4 is 14.8 Å². The van der Waals surface area contributed by atoms with Gasteiger partial charge in [-0.2, -0.15) is 0 Å². The second-order valence-electron chi connectivity index (χ2n) is 5.46. The molecule has 0 radical (unpaired) electrons. The summed E-state index contributed by atoms with van der Waals surface area (Å²) in [5.74, 6) is -1.05. The maximum absolute atomic E-state index is 13.6. The summed E-state index contributed by atoms with van der Waals surface area (Å²) >= 11 is 3.15. The van der Waals surface area contributed by atoms with E-state index in [4.69, 9.17) is 14.2 Å². The summed E-state index contributed by atoms with van der Waals surface area (Å²) in [7, 11) is 0. The maximum atomic E-state index is 13.6. The quantitative estimate of drug-likeness (QED) is 0.761. The molecule has 1 N–H and O–H groups in total. The van der Waals surface area contributed by atoms with Gasteiger partial charge in [0.2, 0.25) is 0 Å². The van der Waals surface area contributed by atoms with Crippen molar-refractivity contribution in [1.29, 1.82) is 0 Å². The zero-order valence-corrected chi connectivity index (χ0v) is 15.2. The second-order valence-corrected chi connectivity index (χ2v) is 6.38. The fourth-order valence-electron chi connectivity index (χ4n) is 2.30. The van der Waals surface area contributed by atoms with Crippen LogP contribution in [0.1, 0.15) is 16.8 Å². The molecule has 1 aliphatic heterocycles. The number of amides is 1. The topological polar surface area (TPSA) is 73.9 Å². The molecule has 6 nitrogen and oxygen atoms in total. The van der Waals surface area contributed by atoms with Crippen molar-refractivity contribution in [3.8, 4) is 11.5 Å². The first-order valence-corrected chi connectivity index (χ1v) is 8.64. The lowest BCUT2D eigenvalue weighted by atomic mass is 10.2. The fraction of sp³-hybridized carbons (Fsp3) is 0.222. The molecule has 0 unspecified atom stereocenters. The first kappa shape index (κ1) is 18.2. The summed E-state index contributed by atoms with van der Waals surface area (Å²) in [6.45, 7) is 0.556. The number of halogens is 2. The Morgan fingerprint density at radius 2 is 1.88 bits per heavy atom. The van der Waals surface area contributed by atoms with Crippen molar-refractivity contribution in [3.63, 3.8) is 0 Å². The van der Waals surface area contributed by atoms with E-state index >= 15 is 0 Å². The Morgan fingerprint density at radius 3 is 2.69 bits per heavy atom. The molecule has 0 aromatic heterocycles. The van der Waals surface area contributed by atoms with Gasteiger partial charge in [0.15, 0.2) is 18.1 Å². The number of benzene rings is 2. The molecule has 3 rings (SSSR count). The Bertz CT molecular complexity index is 842. The van der Waals surface area contributed by atoms with Gasteiger partial charge < -0.3 is 19.5 Å². The Balaban J connectivity index is 1.58. The van der Waals surface area contributed by atoms with Crippen molar-refractivity contribution in [2.75, 3.05) is 25.1 Å². The Morgan fingerprint density at radius 1 is 1.12 bits per heavy atom. The molecule has 0 bridgehead atoms. The SMILES string of the molecule is O=C(COC(=O)c1cc(Br)ccc1F)Nc1ccc2c(c1)OCCCO2. The van der Waals surface area contributed by atoms with Crippen LogP contribution in [0.2, 0.25) is 0 Å². The van der Waals surface area contributed by atoms with E-state index < -0.39 is 24.3 Å². The smallest absolute Gasteiger partial charge is 0.341 e. The normalized spacial score (nSPS) is 12.8. The molecule has 8 heteroatoms. The molecule has 2 aromatic rings. The third-order valence-electron chi connectivity index (χ3n) is 3.51. The van der Waals surface area contributed by atoms with Gasteiger partial charge in [-0.3, -0.25) is 4.79 Å². The lowest BCUT2D eigenvalue weighted by Gasteiger charge is -2.11. The van der Waals surface area contributed by atoms with Crippen LogP contribution in [0.5, 0.6) is 11.5 Å². The van der Waals surface area contributed by atoms with Gasteiger partial charge in [0.1, 0.15) is 5.82 Å². The molecular formula is C18H15BrFNO5. The van der Waals surface area contributed by atoms with E-state index in [0.29, 0.717) is 34.9 Å². The van der Waals surface area contributed by atoms with Crippen LogP contribution >= 0.6 is 15.9 Å². The van der Waals surface area contributed by atoms with Crippen LogP contribution in [0.4, 0.5) is 10.1 Å². The Kier molecular flexibility index (Phi) is 5.72. The summed E-state index contributed by atoms with van der Waals surface area (Å²) < 4.78 is 30.1. The summed E-state index contributed by atoms with van der Waals surface area (Å²) in [4.78, 5) is 23.9. The minimum atomic E-state index is -0.919. The van der Waals surface area contributed by atoms with Gasteiger partial charge in [-0.05, 0) is 30.3 Å². The largest absolute Gasteiger partial charge is 0.490 e. The molecule has 0 fully saturated rings. The minimum Gasteiger partial charge on any atom is -0.490 e.